The molecule has 2 heterocycles. The first-order valence-electron chi connectivity index (χ1n) is 10.7. The fourth-order valence-electron chi connectivity index (χ4n) is 6.79. The molecule has 2 bridgehead atoms. The fourth-order valence-corrected chi connectivity index (χ4v) is 6.79. The standard InChI is InChI=1S/C24H27NO4/c1-25(28)12-11-24-17-7-8-19(26)21(24)29-22-20(24)16(13-18(17)25)9-10-23(22,27)14-15-5-3-2-4-6-15/h2-9,17-19,21,26-27H,10-14H2,1H3/t17-,18+,19-,21-,23?,24-,25?/m0/s1. The molecule has 0 radical (unpaired) electrons. The number of hydroxylamine groups is 3. The van der Waals surface area contributed by atoms with E-state index in [9.17, 15) is 15.4 Å². The Balaban J connectivity index is 1.51. The van der Waals surface area contributed by atoms with Gasteiger partial charge in [0.25, 0.3) is 0 Å². The van der Waals surface area contributed by atoms with Gasteiger partial charge in [-0.25, -0.2) is 0 Å². The summed E-state index contributed by atoms with van der Waals surface area (Å²) < 4.78 is 6.23. The Labute approximate surface area is 170 Å². The maximum absolute atomic E-state index is 13.3. The number of hydrogen-bond acceptors (Lipinski definition) is 4. The molecule has 1 aromatic rings. The number of aliphatic hydroxyl groups excluding tert-OH is 1. The van der Waals surface area contributed by atoms with Crippen LogP contribution < -0.4 is 0 Å². The number of likely N-dealkylation sites (tertiary alicyclic amines) is 1. The van der Waals surface area contributed by atoms with Crippen molar-refractivity contribution >= 4 is 0 Å². The molecule has 5 heteroatoms. The highest BCUT2D eigenvalue weighted by Crippen LogP contribution is 2.66. The Morgan fingerprint density at radius 1 is 1.24 bits per heavy atom. The lowest BCUT2D eigenvalue weighted by Gasteiger charge is -2.62. The maximum atomic E-state index is 13.3. The summed E-state index contributed by atoms with van der Waals surface area (Å²) in [7, 11) is 1.78. The molecule has 1 aromatic carbocycles. The van der Waals surface area contributed by atoms with Crippen LogP contribution >= 0.6 is 0 Å². The first kappa shape index (κ1) is 17.9. The van der Waals surface area contributed by atoms with Gasteiger partial charge in [-0.05, 0) is 11.1 Å². The van der Waals surface area contributed by atoms with Crippen molar-refractivity contribution < 1.29 is 19.6 Å². The number of aliphatic hydroxyl groups is 2. The molecule has 6 rings (SSSR count). The Kier molecular flexibility index (Phi) is 3.46. The van der Waals surface area contributed by atoms with Gasteiger partial charge in [0.15, 0.2) is 0 Å². The number of hydrogen-bond donors (Lipinski definition) is 2. The minimum Gasteiger partial charge on any atom is -0.633 e. The minimum atomic E-state index is -1.11. The zero-order valence-electron chi connectivity index (χ0n) is 16.6. The molecule has 7 atom stereocenters. The van der Waals surface area contributed by atoms with Crippen LogP contribution in [0.25, 0.3) is 0 Å². The highest BCUT2D eigenvalue weighted by atomic mass is 16.5. The second-order valence-electron chi connectivity index (χ2n) is 9.73. The monoisotopic (exact) mass is 393 g/mol. The van der Waals surface area contributed by atoms with Crippen molar-refractivity contribution in [1.82, 2.24) is 0 Å². The SMILES string of the molecule is C[N+]1([O-])CC[C@]23C4=C5O[C@H]2[C@@H](O)C=C[C@H]3[C@H]1CC4=CCC5(O)Cc1ccccc1. The summed E-state index contributed by atoms with van der Waals surface area (Å²) in [6.45, 7) is 0.517. The van der Waals surface area contributed by atoms with Gasteiger partial charge in [-0.3, -0.25) is 0 Å². The van der Waals surface area contributed by atoms with Gasteiger partial charge in [0.2, 0.25) is 0 Å². The van der Waals surface area contributed by atoms with Crippen LogP contribution in [0.5, 0.6) is 0 Å². The molecule has 1 saturated carbocycles. The van der Waals surface area contributed by atoms with Gasteiger partial charge >= 0.3 is 0 Å². The molecule has 2 unspecified atom stereocenters. The van der Waals surface area contributed by atoms with E-state index >= 15 is 0 Å². The fraction of sp³-hybridized carbons (Fsp3) is 0.500. The Morgan fingerprint density at radius 2 is 2.03 bits per heavy atom. The van der Waals surface area contributed by atoms with Crippen molar-refractivity contribution in [1.29, 1.82) is 0 Å². The molecule has 2 N–H and O–H groups in total. The molecule has 1 spiro atoms. The summed E-state index contributed by atoms with van der Waals surface area (Å²) in [6, 6.07) is 9.94. The molecule has 2 fully saturated rings. The topological polar surface area (TPSA) is 72.8 Å². The largest absolute Gasteiger partial charge is 0.633 e. The van der Waals surface area contributed by atoms with Gasteiger partial charge < -0.3 is 24.8 Å². The number of ether oxygens (including phenoxy) is 1. The van der Waals surface area contributed by atoms with Gasteiger partial charge in [-0.1, -0.05) is 48.6 Å². The van der Waals surface area contributed by atoms with Crippen LogP contribution in [-0.2, 0) is 11.2 Å². The van der Waals surface area contributed by atoms with Crippen LogP contribution in [-0.4, -0.2) is 52.3 Å². The number of piperidine rings is 1. The summed E-state index contributed by atoms with van der Waals surface area (Å²) in [5.41, 5.74) is 1.80. The summed E-state index contributed by atoms with van der Waals surface area (Å²) >= 11 is 0. The van der Waals surface area contributed by atoms with Crippen molar-refractivity contribution in [2.75, 3.05) is 13.6 Å². The summed E-state index contributed by atoms with van der Waals surface area (Å²) in [5, 5.41) is 35.9. The van der Waals surface area contributed by atoms with Crippen molar-refractivity contribution in [3.63, 3.8) is 0 Å². The van der Waals surface area contributed by atoms with Crippen molar-refractivity contribution in [3.05, 3.63) is 76.2 Å². The molecular weight excluding hydrogens is 366 g/mol. The van der Waals surface area contributed by atoms with Crippen LogP contribution in [0.1, 0.15) is 24.8 Å². The molecule has 5 aliphatic rings. The van der Waals surface area contributed by atoms with Crippen molar-refractivity contribution in [3.8, 4) is 0 Å². The number of rotatable bonds is 2. The van der Waals surface area contributed by atoms with E-state index in [0.717, 1.165) is 16.7 Å². The first-order valence-corrected chi connectivity index (χ1v) is 10.7. The highest BCUT2D eigenvalue weighted by molar-refractivity contribution is 5.55. The lowest BCUT2D eigenvalue weighted by Crippen LogP contribution is -2.67. The quantitative estimate of drug-likeness (QED) is 0.460. The van der Waals surface area contributed by atoms with E-state index in [0.29, 0.717) is 38.0 Å². The van der Waals surface area contributed by atoms with Crippen LogP contribution in [0, 0.1) is 16.5 Å². The van der Waals surface area contributed by atoms with Crippen LogP contribution in [0.3, 0.4) is 0 Å². The smallest absolute Gasteiger partial charge is 0.138 e. The van der Waals surface area contributed by atoms with Crippen molar-refractivity contribution in [2.24, 2.45) is 11.3 Å². The third kappa shape index (κ3) is 2.19. The zero-order chi connectivity index (χ0) is 20.0. The molecule has 3 aliphatic carbocycles. The maximum Gasteiger partial charge on any atom is 0.138 e. The second kappa shape index (κ2) is 5.61. The van der Waals surface area contributed by atoms with Gasteiger partial charge in [0.1, 0.15) is 23.6 Å². The average molecular weight is 393 g/mol. The van der Waals surface area contributed by atoms with E-state index in [1.54, 1.807) is 13.1 Å². The van der Waals surface area contributed by atoms with Crippen LogP contribution in [0.4, 0.5) is 0 Å². The van der Waals surface area contributed by atoms with Gasteiger partial charge in [0.05, 0.1) is 25.0 Å². The Morgan fingerprint density at radius 3 is 2.83 bits per heavy atom. The zero-order valence-corrected chi connectivity index (χ0v) is 16.6. The Bertz CT molecular complexity index is 964. The highest BCUT2D eigenvalue weighted by Gasteiger charge is 2.69. The lowest BCUT2D eigenvalue weighted by atomic mass is 9.50. The van der Waals surface area contributed by atoms with Crippen LogP contribution in [0.2, 0.25) is 0 Å². The second-order valence-corrected chi connectivity index (χ2v) is 9.73. The molecule has 152 valence electrons. The van der Waals surface area contributed by atoms with Crippen LogP contribution in [0.15, 0.2) is 65.5 Å². The normalized spacial score (nSPS) is 46.8. The third-order valence-corrected chi connectivity index (χ3v) is 8.15. The average Bonchev–Trinajstić information content (AvgIpc) is 3.06. The van der Waals surface area contributed by atoms with E-state index in [2.05, 4.69) is 12.2 Å². The number of nitrogens with zero attached hydrogens (tertiary/aromatic N) is 1. The van der Waals surface area contributed by atoms with E-state index in [1.807, 2.05) is 30.3 Å². The summed E-state index contributed by atoms with van der Waals surface area (Å²) in [6.07, 6.45) is 7.19. The summed E-state index contributed by atoms with van der Waals surface area (Å²) in [4.78, 5) is 0. The van der Waals surface area contributed by atoms with E-state index in [-0.39, 0.29) is 16.6 Å². The predicted octanol–water partition coefficient (Wildman–Crippen LogP) is 2.60. The van der Waals surface area contributed by atoms with Gasteiger partial charge in [-0.2, -0.15) is 0 Å². The molecule has 1 saturated heterocycles. The number of benzene rings is 1. The van der Waals surface area contributed by atoms with E-state index < -0.39 is 23.2 Å². The van der Waals surface area contributed by atoms with Crippen molar-refractivity contribution in [2.45, 2.75) is 49.5 Å². The summed E-state index contributed by atoms with van der Waals surface area (Å²) in [5.74, 6) is 0.688. The molecule has 0 aromatic heterocycles. The molecule has 0 amide bonds. The molecular formula is C24H27NO4. The van der Waals surface area contributed by atoms with Gasteiger partial charge in [-0.15, -0.1) is 0 Å². The molecule has 29 heavy (non-hydrogen) atoms. The predicted molar refractivity (Wildman–Crippen MR) is 108 cm³/mol. The molecule has 2 aliphatic heterocycles. The minimum absolute atomic E-state index is 0.0378. The first-order chi connectivity index (χ1) is 13.9. The lowest BCUT2D eigenvalue weighted by molar-refractivity contribution is -0.899. The van der Waals surface area contributed by atoms with Gasteiger partial charge in [0, 0.05) is 37.2 Å². The number of quaternary nitrogens is 1. The third-order valence-electron chi connectivity index (χ3n) is 8.15. The molecule has 5 nitrogen and oxygen atoms in total. The van der Waals surface area contributed by atoms with E-state index in [1.165, 1.54) is 0 Å². The Hall–Kier alpha value is -1.92. The van der Waals surface area contributed by atoms with E-state index in [4.69, 9.17) is 4.74 Å².